The molecule has 0 fully saturated rings. The van der Waals surface area contributed by atoms with Gasteiger partial charge in [0.2, 0.25) is 15.9 Å². The van der Waals surface area contributed by atoms with Crippen LogP contribution in [0.15, 0.2) is 77.7 Å². The molecule has 3 aromatic rings. The average molecular weight is 475 g/mol. The molecule has 0 spiro atoms. The Balaban J connectivity index is 1.92. The highest BCUT2D eigenvalue weighted by Crippen LogP contribution is 2.36. The Morgan fingerprint density at radius 2 is 1.53 bits per heavy atom. The van der Waals surface area contributed by atoms with Crippen LogP contribution in [0.1, 0.15) is 5.56 Å². The topological polar surface area (TPSA) is 93.7 Å². The number of sulfonamides is 1. The van der Waals surface area contributed by atoms with Gasteiger partial charge in [0, 0.05) is 12.1 Å². The number of halogens is 1. The molecule has 9 heteroatoms. The van der Waals surface area contributed by atoms with Gasteiger partial charge in [-0.2, -0.15) is 4.72 Å². The summed E-state index contributed by atoms with van der Waals surface area (Å²) >= 11 is 6.13. The van der Waals surface area contributed by atoms with Crippen LogP contribution in [-0.2, 0) is 21.2 Å². The van der Waals surface area contributed by atoms with E-state index in [9.17, 15) is 13.2 Å². The zero-order valence-corrected chi connectivity index (χ0v) is 19.1. The number of benzene rings is 3. The number of rotatable bonds is 9. The van der Waals surface area contributed by atoms with E-state index in [1.165, 1.54) is 38.5 Å². The number of carbonyl (C=O) groups excluding carboxylic acids is 1. The minimum Gasteiger partial charge on any atom is -0.495 e. The van der Waals surface area contributed by atoms with Crippen molar-refractivity contribution in [1.82, 2.24) is 4.72 Å². The van der Waals surface area contributed by atoms with Crippen LogP contribution in [-0.4, -0.2) is 34.6 Å². The second-order valence-electron chi connectivity index (χ2n) is 6.85. The number of carbonyl (C=O) groups is 1. The molecule has 1 amide bonds. The molecule has 2 N–H and O–H groups in total. The van der Waals surface area contributed by atoms with E-state index in [-0.39, 0.29) is 11.3 Å². The second-order valence-corrected chi connectivity index (χ2v) is 8.97. The van der Waals surface area contributed by atoms with Crippen molar-refractivity contribution in [3.05, 3.63) is 83.4 Å². The minimum absolute atomic E-state index is 0.0663. The molecule has 0 unspecified atom stereocenters. The van der Waals surface area contributed by atoms with Crippen molar-refractivity contribution in [2.45, 2.75) is 17.4 Å². The maximum absolute atomic E-state index is 13.2. The monoisotopic (exact) mass is 474 g/mol. The molecule has 32 heavy (non-hydrogen) atoms. The van der Waals surface area contributed by atoms with Gasteiger partial charge in [-0.3, -0.25) is 4.79 Å². The van der Waals surface area contributed by atoms with Crippen molar-refractivity contribution < 1.29 is 22.7 Å². The summed E-state index contributed by atoms with van der Waals surface area (Å²) in [6.45, 7) is 0. The molecule has 0 saturated carbocycles. The van der Waals surface area contributed by atoms with E-state index in [1.54, 1.807) is 18.2 Å². The highest BCUT2D eigenvalue weighted by molar-refractivity contribution is 7.89. The first-order valence-corrected chi connectivity index (χ1v) is 11.5. The third kappa shape index (κ3) is 5.79. The summed E-state index contributed by atoms with van der Waals surface area (Å²) in [5.41, 5.74) is 1.10. The van der Waals surface area contributed by atoms with Crippen molar-refractivity contribution >= 4 is 33.2 Å². The van der Waals surface area contributed by atoms with E-state index in [2.05, 4.69) is 10.0 Å². The molecule has 3 rings (SSSR count). The second kappa shape index (κ2) is 10.5. The summed E-state index contributed by atoms with van der Waals surface area (Å²) in [5.74, 6) is 0.0943. The van der Waals surface area contributed by atoms with E-state index < -0.39 is 22.0 Å². The Morgan fingerprint density at radius 3 is 2.12 bits per heavy atom. The summed E-state index contributed by atoms with van der Waals surface area (Å²) in [7, 11) is -1.05. The first-order valence-electron chi connectivity index (χ1n) is 9.67. The van der Waals surface area contributed by atoms with Gasteiger partial charge < -0.3 is 14.8 Å². The maximum atomic E-state index is 13.2. The molecular formula is C23H23ClN2O5S. The fourth-order valence-electron chi connectivity index (χ4n) is 3.07. The molecule has 0 radical (unpaired) electrons. The Kier molecular flexibility index (Phi) is 7.74. The zero-order valence-electron chi connectivity index (χ0n) is 17.5. The molecule has 0 aliphatic heterocycles. The van der Waals surface area contributed by atoms with E-state index in [1.807, 2.05) is 30.3 Å². The van der Waals surface area contributed by atoms with Crippen LogP contribution in [0.4, 0.5) is 5.69 Å². The quantitative estimate of drug-likeness (QED) is 0.490. The van der Waals surface area contributed by atoms with Gasteiger partial charge in [-0.1, -0.05) is 60.1 Å². The van der Waals surface area contributed by atoms with Crippen LogP contribution in [0.3, 0.4) is 0 Å². The van der Waals surface area contributed by atoms with Gasteiger partial charge in [0.25, 0.3) is 0 Å². The van der Waals surface area contributed by atoms with Crippen LogP contribution in [0.5, 0.6) is 11.5 Å². The lowest BCUT2D eigenvalue weighted by Crippen LogP contribution is -2.45. The fourth-order valence-corrected chi connectivity index (χ4v) is 4.52. The zero-order chi connectivity index (χ0) is 23.1. The molecular weight excluding hydrogens is 452 g/mol. The predicted molar refractivity (Wildman–Crippen MR) is 124 cm³/mol. The van der Waals surface area contributed by atoms with Crippen LogP contribution < -0.4 is 19.5 Å². The third-order valence-electron chi connectivity index (χ3n) is 4.68. The van der Waals surface area contributed by atoms with Gasteiger partial charge in [-0.05, 0) is 24.1 Å². The normalized spacial score (nSPS) is 12.1. The number of nitrogens with one attached hydrogen (secondary N) is 2. The molecule has 0 aromatic heterocycles. The number of methoxy groups -OCH3 is 2. The molecule has 1 atom stereocenters. The van der Waals surface area contributed by atoms with E-state index >= 15 is 0 Å². The van der Waals surface area contributed by atoms with Crippen molar-refractivity contribution in [3.8, 4) is 11.5 Å². The van der Waals surface area contributed by atoms with Gasteiger partial charge in [0.1, 0.15) is 17.5 Å². The van der Waals surface area contributed by atoms with E-state index in [4.69, 9.17) is 21.1 Å². The Bertz CT molecular complexity index is 1170. The summed E-state index contributed by atoms with van der Waals surface area (Å²) in [5, 5.41) is 3.04. The van der Waals surface area contributed by atoms with Gasteiger partial charge >= 0.3 is 0 Å². The molecule has 3 aromatic carbocycles. The van der Waals surface area contributed by atoms with Crippen molar-refractivity contribution in [2.24, 2.45) is 0 Å². The van der Waals surface area contributed by atoms with E-state index in [0.29, 0.717) is 22.2 Å². The highest BCUT2D eigenvalue weighted by Gasteiger charge is 2.27. The van der Waals surface area contributed by atoms with Gasteiger partial charge in [-0.25, -0.2) is 8.42 Å². The fraction of sp³-hybridized carbons (Fsp3) is 0.174. The predicted octanol–water partition coefficient (Wildman–Crippen LogP) is 3.89. The molecule has 0 saturated heterocycles. The lowest BCUT2D eigenvalue weighted by atomic mass is 10.1. The molecule has 0 aliphatic carbocycles. The SMILES string of the molecule is COc1cc(NC(=O)[C@@H](Cc2ccccc2)NS(=O)(=O)c2ccccc2)c(OC)cc1Cl. The third-order valence-corrected chi connectivity index (χ3v) is 6.46. The molecule has 7 nitrogen and oxygen atoms in total. The molecule has 168 valence electrons. The van der Waals surface area contributed by atoms with Gasteiger partial charge in [0.05, 0.1) is 29.8 Å². The Morgan fingerprint density at radius 1 is 0.938 bits per heavy atom. The molecule has 0 bridgehead atoms. The van der Waals surface area contributed by atoms with Crippen LogP contribution in [0, 0.1) is 0 Å². The summed E-state index contributed by atoms with van der Waals surface area (Å²) in [6.07, 6.45) is 0.145. The van der Waals surface area contributed by atoms with Crippen LogP contribution >= 0.6 is 11.6 Å². The smallest absolute Gasteiger partial charge is 0.243 e. The highest BCUT2D eigenvalue weighted by atomic mass is 35.5. The van der Waals surface area contributed by atoms with E-state index in [0.717, 1.165) is 5.56 Å². The maximum Gasteiger partial charge on any atom is 0.243 e. The summed E-state index contributed by atoms with van der Waals surface area (Å²) < 4.78 is 38.8. The largest absolute Gasteiger partial charge is 0.495 e. The average Bonchev–Trinajstić information content (AvgIpc) is 2.80. The number of anilines is 1. The first-order chi connectivity index (χ1) is 15.3. The number of hydrogen-bond acceptors (Lipinski definition) is 5. The van der Waals surface area contributed by atoms with Crippen LogP contribution in [0.25, 0.3) is 0 Å². The standard InChI is InChI=1S/C23H23ClN2O5S/c1-30-21-15-19(22(31-2)14-18(21)24)25-23(27)20(13-16-9-5-3-6-10-16)26-32(28,29)17-11-7-4-8-12-17/h3-12,14-15,20,26H,13H2,1-2H3,(H,25,27)/t20-/m1/s1. The molecule has 0 aliphatic rings. The number of hydrogen-bond donors (Lipinski definition) is 2. The molecule has 0 heterocycles. The van der Waals surface area contributed by atoms with Gasteiger partial charge in [-0.15, -0.1) is 0 Å². The summed E-state index contributed by atoms with van der Waals surface area (Å²) in [6, 6.07) is 19.0. The van der Waals surface area contributed by atoms with Crippen LogP contribution in [0.2, 0.25) is 5.02 Å². The number of ether oxygens (including phenoxy) is 2. The Hall–Kier alpha value is -3.07. The van der Waals surface area contributed by atoms with Crippen molar-refractivity contribution in [3.63, 3.8) is 0 Å². The summed E-state index contributed by atoms with van der Waals surface area (Å²) in [4.78, 5) is 13.3. The van der Waals surface area contributed by atoms with Crippen molar-refractivity contribution in [1.29, 1.82) is 0 Å². The minimum atomic E-state index is -3.94. The first kappa shape index (κ1) is 23.6. The Labute approximate surface area is 192 Å². The van der Waals surface area contributed by atoms with Gasteiger partial charge in [0.15, 0.2) is 0 Å². The lowest BCUT2D eigenvalue weighted by Gasteiger charge is -2.20. The lowest BCUT2D eigenvalue weighted by molar-refractivity contribution is -0.117. The number of amides is 1. The van der Waals surface area contributed by atoms with Crippen molar-refractivity contribution in [2.75, 3.05) is 19.5 Å².